The number of amides is 2. The van der Waals surface area contributed by atoms with E-state index in [0.717, 1.165) is 22.3 Å². The van der Waals surface area contributed by atoms with Crippen LogP contribution in [0.25, 0.3) is 11.1 Å². The Bertz CT molecular complexity index is 1070. The van der Waals surface area contributed by atoms with Crippen molar-refractivity contribution in [3.8, 4) is 11.1 Å². The molecular weight excluding hydrogens is 416 g/mol. The lowest BCUT2D eigenvalue weighted by Gasteiger charge is -2.22. The van der Waals surface area contributed by atoms with Crippen molar-refractivity contribution in [3.63, 3.8) is 0 Å². The third-order valence-electron chi connectivity index (χ3n) is 5.28. The maximum atomic E-state index is 13.0. The van der Waals surface area contributed by atoms with Gasteiger partial charge in [-0.3, -0.25) is 9.59 Å². The zero-order valence-corrected chi connectivity index (χ0v) is 18.8. The van der Waals surface area contributed by atoms with Crippen molar-refractivity contribution in [2.45, 2.75) is 31.8 Å². The number of carbonyl (C=O) groups excluding carboxylic acids is 3. The van der Waals surface area contributed by atoms with Gasteiger partial charge in [-0.1, -0.05) is 84.9 Å². The molecule has 0 heterocycles. The summed E-state index contributed by atoms with van der Waals surface area (Å²) in [6.07, 6.45) is 0.581. The van der Waals surface area contributed by atoms with Gasteiger partial charge in [0.05, 0.1) is 7.11 Å². The van der Waals surface area contributed by atoms with Crippen LogP contribution in [0.15, 0.2) is 84.9 Å². The minimum Gasteiger partial charge on any atom is -0.467 e. The molecule has 6 heteroatoms. The molecule has 170 valence electrons. The van der Waals surface area contributed by atoms with E-state index in [1.54, 1.807) is 0 Å². The van der Waals surface area contributed by atoms with Gasteiger partial charge >= 0.3 is 5.97 Å². The molecule has 0 aliphatic heterocycles. The zero-order chi connectivity index (χ0) is 23.6. The molecule has 3 aromatic rings. The molecule has 3 aromatic carbocycles. The molecule has 0 bridgehead atoms. The van der Waals surface area contributed by atoms with Gasteiger partial charge in [0.2, 0.25) is 11.8 Å². The van der Waals surface area contributed by atoms with Crippen LogP contribution in [-0.4, -0.2) is 37.0 Å². The summed E-state index contributed by atoms with van der Waals surface area (Å²) in [6, 6.07) is 25.5. The van der Waals surface area contributed by atoms with Crippen LogP contribution in [0.3, 0.4) is 0 Å². The van der Waals surface area contributed by atoms with E-state index in [1.807, 2.05) is 84.9 Å². The van der Waals surface area contributed by atoms with Gasteiger partial charge in [0, 0.05) is 19.8 Å². The second kappa shape index (κ2) is 11.6. The fourth-order valence-electron chi connectivity index (χ4n) is 3.61. The number of carbonyl (C=O) groups is 3. The average Bonchev–Trinajstić information content (AvgIpc) is 2.84. The van der Waals surface area contributed by atoms with E-state index in [2.05, 4.69) is 10.6 Å². The molecule has 0 saturated heterocycles. The van der Waals surface area contributed by atoms with Crippen molar-refractivity contribution in [2.75, 3.05) is 7.11 Å². The SMILES string of the molecule is COC(=O)[C@H](Cc1ccc(-c2ccccc2)cc1)NC(=O)[C@@H](Cc1ccccc1)NC(C)=O. The maximum absolute atomic E-state index is 13.0. The Hall–Kier alpha value is -3.93. The second-order valence-corrected chi connectivity index (χ2v) is 7.79. The number of nitrogens with one attached hydrogen (secondary N) is 2. The van der Waals surface area contributed by atoms with Gasteiger partial charge < -0.3 is 15.4 Å². The zero-order valence-electron chi connectivity index (χ0n) is 18.8. The molecule has 0 aliphatic rings. The van der Waals surface area contributed by atoms with Gasteiger partial charge in [-0.15, -0.1) is 0 Å². The maximum Gasteiger partial charge on any atom is 0.328 e. The van der Waals surface area contributed by atoms with Gasteiger partial charge in [0.15, 0.2) is 0 Å². The minimum absolute atomic E-state index is 0.269. The van der Waals surface area contributed by atoms with Crippen LogP contribution >= 0.6 is 0 Å². The number of rotatable bonds is 9. The first kappa shape index (κ1) is 23.7. The molecule has 6 nitrogen and oxygen atoms in total. The highest BCUT2D eigenvalue weighted by Gasteiger charge is 2.27. The van der Waals surface area contributed by atoms with E-state index in [4.69, 9.17) is 4.74 Å². The van der Waals surface area contributed by atoms with E-state index in [-0.39, 0.29) is 12.3 Å². The highest BCUT2D eigenvalue weighted by atomic mass is 16.5. The van der Waals surface area contributed by atoms with Crippen molar-refractivity contribution in [3.05, 3.63) is 96.1 Å². The molecule has 2 amide bonds. The number of hydrogen-bond donors (Lipinski definition) is 2. The average molecular weight is 445 g/mol. The van der Waals surface area contributed by atoms with Crippen LogP contribution < -0.4 is 10.6 Å². The van der Waals surface area contributed by atoms with Crippen molar-refractivity contribution in [2.24, 2.45) is 0 Å². The molecule has 33 heavy (non-hydrogen) atoms. The molecule has 0 fully saturated rings. The van der Waals surface area contributed by atoms with Crippen molar-refractivity contribution in [1.82, 2.24) is 10.6 Å². The summed E-state index contributed by atoms with van der Waals surface area (Å²) in [5, 5.41) is 5.44. The van der Waals surface area contributed by atoms with Crippen LogP contribution in [0.1, 0.15) is 18.1 Å². The smallest absolute Gasteiger partial charge is 0.328 e. The lowest BCUT2D eigenvalue weighted by Crippen LogP contribution is -2.53. The van der Waals surface area contributed by atoms with E-state index in [1.165, 1.54) is 14.0 Å². The Balaban J connectivity index is 1.72. The topological polar surface area (TPSA) is 84.5 Å². The molecule has 0 spiro atoms. The Morgan fingerprint density at radius 1 is 0.697 bits per heavy atom. The fraction of sp³-hybridized carbons (Fsp3) is 0.222. The van der Waals surface area contributed by atoms with Gasteiger partial charge in [-0.2, -0.15) is 0 Å². The van der Waals surface area contributed by atoms with Crippen LogP contribution in [0.5, 0.6) is 0 Å². The van der Waals surface area contributed by atoms with E-state index in [9.17, 15) is 14.4 Å². The van der Waals surface area contributed by atoms with Gasteiger partial charge in [0.1, 0.15) is 12.1 Å². The fourth-order valence-corrected chi connectivity index (χ4v) is 3.61. The number of hydrogen-bond acceptors (Lipinski definition) is 4. The molecule has 0 radical (unpaired) electrons. The molecule has 0 saturated carbocycles. The predicted molar refractivity (Wildman–Crippen MR) is 127 cm³/mol. The lowest BCUT2D eigenvalue weighted by atomic mass is 10.00. The quantitative estimate of drug-likeness (QED) is 0.496. The summed E-state index contributed by atoms with van der Waals surface area (Å²) in [4.78, 5) is 37.1. The predicted octanol–water partition coefficient (Wildman–Crippen LogP) is 3.30. The van der Waals surface area contributed by atoms with Crippen LogP contribution in [0.4, 0.5) is 0 Å². The Kier molecular flexibility index (Phi) is 8.36. The number of benzene rings is 3. The molecule has 0 aromatic heterocycles. The van der Waals surface area contributed by atoms with Crippen LogP contribution in [-0.2, 0) is 32.0 Å². The Morgan fingerprint density at radius 3 is 1.79 bits per heavy atom. The molecular formula is C27H28N2O4. The molecule has 3 rings (SSSR count). The number of methoxy groups -OCH3 is 1. The Morgan fingerprint density at radius 2 is 1.21 bits per heavy atom. The van der Waals surface area contributed by atoms with Crippen LogP contribution in [0.2, 0.25) is 0 Å². The first-order valence-electron chi connectivity index (χ1n) is 10.8. The van der Waals surface area contributed by atoms with E-state index >= 15 is 0 Å². The summed E-state index contributed by atoms with van der Waals surface area (Å²) < 4.78 is 4.92. The number of esters is 1. The first-order chi connectivity index (χ1) is 16.0. The minimum atomic E-state index is -0.878. The highest BCUT2D eigenvalue weighted by molar-refractivity contribution is 5.90. The van der Waals surface area contributed by atoms with E-state index in [0.29, 0.717) is 6.42 Å². The largest absolute Gasteiger partial charge is 0.467 e. The van der Waals surface area contributed by atoms with Crippen molar-refractivity contribution >= 4 is 17.8 Å². The second-order valence-electron chi connectivity index (χ2n) is 7.79. The summed E-state index contributed by atoms with van der Waals surface area (Å²) in [5.41, 5.74) is 3.94. The first-order valence-corrected chi connectivity index (χ1v) is 10.8. The monoisotopic (exact) mass is 444 g/mol. The third kappa shape index (κ3) is 7.04. The summed E-state index contributed by atoms with van der Waals surface area (Å²) in [6.45, 7) is 1.36. The summed E-state index contributed by atoms with van der Waals surface area (Å²) >= 11 is 0. The molecule has 0 unspecified atom stereocenters. The van der Waals surface area contributed by atoms with Gasteiger partial charge in [0.25, 0.3) is 0 Å². The Labute approximate surface area is 194 Å². The molecule has 2 N–H and O–H groups in total. The standard InChI is InChI=1S/C27H28N2O4/c1-19(30)28-24(17-20-9-5-3-6-10-20)26(31)29-25(27(32)33-2)18-21-13-15-23(16-14-21)22-11-7-4-8-12-22/h3-16,24-25H,17-18H2,1-2H3,(H,28,30)(H,29,31)/t24-,25+/m1/s1. The van der Waals surface area contributed by atoms with Crippen molar-refractivity contribution in [1.29, 1.82) is 0 Å². The van der Waals surface area contributed by atoms with Crippen molar-refractivity contribution < 1.29 is 19.1 Å². The molecule has 0 aliphatic carbocycles. The molecule has 2 atom stereocenters. The summed E-state index contributed by atoms with van der Waals surface area (Å²) in [7, 11) is 1.29. The lowest BCUT2D eigenvalue weighted by molar-refractivity contribution is -0.145. The van der Waals surface area contributed by atoms with Gasteiger partial charge in [-0.25, -0.2) is 4.79 Å². The normalized spacial score (nSPS) is 12.3. The van der Waals surface area contributed by atoms with Crippen LogP contribution in [0, 0.1) is 0 Å². The highest BCUT2D eigenvalue weighted by Crippen LogP contribution is 2.20. The summed E-state index contributed by atoms with van der Waals surface area (Å²) in [5.74, 6) is -1.31. The van der Waals surface area contributed by atoms with Gasteiger partial charge in [-0.05, 0) is 22.3 Å². The van der Waals surface area contributed by atoms with E-state index < -0.39 is 24.0 Å². The third-order valence-corrected chi connectivity index (χ3v) is 5.28. The number of ether oxygens (including phenoxy) is 1.